The summed E-state index contributed by atoms with van der Waals surface area (Å²) in [7, 11) is -4.26. The molecule has 0 amide bonds. The number of unbranched alkanes of at least 4 members (excludes halogenated alkanes) is 7. The first-order valence-electron chi connectivity index (χ1n) is 17.6. The summed E-state index contributed by atoms with van der Waals surface area (Å²) in [5.41, 5.74) is -1.60. The van der Waals surface area contributed by atoms with Crippen molar-refractivity contribution in [2.45, 2.75) is 201 Å². The molecule has 1 saturated heterocycles. The van der Waals surface area contributed by atoms with E-state index in [2.05, 4.69) is 6.92 Å². The predicted octanol–water partition coefficient (Wildman–Crippen LogP) is 8.01. The fourth-order valence-corrected chi connectivity index (χ4v) is 8.12. The maximum Gasteiger partial charge on any atom is 0.152 e. The van der Waals surface area contributed by atoms with Gasteiger partial charge in [0.15, 0.2) is 5.78 Å². The zero-order valence-corrected chi connectivity index (χ0v) is 31.9. The Labute approximate surface area is 276 Å². The van der Waals surface area contributed by atoms with Crippen LogP contribution >= 0.6 is 7.37 Å². The minimum absolute atomic E-state index is 0.0881. The van der Waals surface area contributed by atoms with Gasteiger partial charge in [0.2, 0.25) is 0 Å². The smallest absolute Gasteiger partial charge is 0.152 e. The van der Waals surface area contributed by atoms with E-state index in [1.54, 1.807) is 27.7 Å². The minimum atomic E-state index is -4.26. The second-order valence-electron chi connectivity index (χ2n) is 16.1. The molecular weight excluding hydrogens is 589 g/mol. The molecule has 1 unspecified atom stereocenters. The Kier molecular flexibility index (Phi) is 16.2. The summed E-state index contributed by atoms with van der Waals surface area (Å²) >= 11 is 0. The number of ether oxygens (including phenoxy) is 2. The van der Waals surface area contributed by atoms with Gasteiger partial charge in [0.1, 0.15) is 16.5 Å². The van der Waals surface area contributed by atoms with Crippen LogP contribution in [0.5, 0.6) is 0 Å². The van der Waals surface area contributed by atoms with E-state index >= 15 is 0 Å². The Bertz CT molecular complexity index is 988. The Hall–Kier alpha value is -0.630. The van der Waals surface area contributed by atoms with Gasteiger partial charge in [-0.3, -0.25) is 14.5 Å². The molecule has 0 spiro atoms. The van der Waals surface area contributed by atoms with Gasteiger partial charge in [0.05, 0.1) is 31.2 Å². The molecule has 0 aromatic carbocycles. The van der Waals surface area contributed by atoms with Crippen molar-refractivity contribution in [3.05, 3.63) is 0 Å². The molecule has 0 aliphatic carbocycles. The second-order valence-corrected chi connectivity index (χ2v) is 19.4. The Morgan fingerprint density at radius 3 is 1.71 bits per heavy atom. The highest BCUT2D eigenvalue weighted by atomic mass is 31.2. The lowest BCUT2D eigenvalue weighted by atomic mass is 9.83. The van der Waals surface area contributed by atoms with Crippen molar-refractivity contribution in [2.75, 3.05) is 13.2 Å². The fourth-order valence-electron chi connectivity index (χ4n) is 6.21. The Morgan fingerprint density at radius 2 is 1.24 bits per heavy atom. The van der Waals surface area contributed by atoms with Gasteiger partial charge < -0.3 is 24.0 Å². The van der Waals surface area contributed by atoms with Crippen LogP contribution in [0.1, 0.15) is 167 Å². The van der Waals surface area contributed by atoms with Gasteiger partial charge in [-0.1, -0.05) is 66.2 Å². The van der Waals surface area contributed by atoms with E-state index in [4.69, 9.17) is 9.47 Å². The zero-order valence-electron chi connectivity index (χ0n) is 31.1. The average molecular weight is 659 g/mol. The summed E-state index contributed by atoms with van der Waals surface area (Å²) in [6, 6.07) is -0.280. The monoisotopic (exact) mass is 658 g/mol. The van der Waals surface area contributed by atoms with E-state index in [-0.39, 0.29) is 23.8 Å². The topological polar surface area (TPSA) is 116 Å². The van der Waals surface area contributed by atoms with E-state index in [1.165, 1.54) is 0 Å². The van der Waals surface area contributed by atoms with Crippen molar-refractivity contribution in [3.63, 3.8) is 0 Å². The first-order chi connectivity index (χ1) is 20.5. The third-order valence-corrected chi connectivity index (χ3v) is 13.5. The molecule has 0 saturated carbocycles. The Balaban J connectivity index is 2.58. The number of carbonyl (C=O) groups is 2. The molecular formula is C36H69NO7P-. The molecule has 1 heterocycles. The van der Waals surface area contributed by atoms with Gasteiger partial charge in [-0.25, -0.2) is 0 Å². The van der Waals surface area contributed by atoms with E-state index in [0.29, 0.717) is 38.0 Å². The molecule has 0 aromatic heterocycles. The number of carbonyl (C=O) groups excluding carboxylic acids is 2. The molecule has 8 nitrogen and oxygen atoms in total. The standard InChI is InChI=1S/C36H70NO7P/c1-13-32(3,4)30(39)23-21-19-17-15-16-18-20-22-24-31(40)34(7,8)37-26-29(38)25-28(37)27-43-35(9,10)45(41,42)36(11,12)44-33(5,6)14-2/h28-29,38H,13-27H2,1-12H3,(H,41,42)/p-1/t28-,29+/m0/s1. The summed E-state index contributed by atoms with van der Waals surface area (Å²) in [4.78, 5) is 41.4. The number of likely N-dealkylation sites (tertiary alicyclic amines) is 1. The number of ketones is 2. The van der Waals surface area contributed by atoms with Crippen LogP contribution < -0.4 is 4.89 Å². The first-order valence-corrected chi connectivity index (χ1v) is 19.3. The molecule has 0 aromatic rings. The van der Waals surface area contributed by atoms with Gasteiger partial charge in [0.25, 0.3) is 0 Å². The van der Waals surface area contributed by atoms with Crippen LogP contribution in [0.3, 0.4) is 0 Å². The molecule has 266 valence electrons. The molecule has 1 fully saturated rings. The third-order valence-electron chi connectivity index (χ3n) is 10.4. The average Bonchev–Trinajstić information content (AvgIpc) is 3.33. The number of rotatable bonds is 23. The van der Waals surface area contributed by atoms with Gasteiger partial charge in [-0.2, -0.15) is 0 Å². The molecule has 1 rings (SSSR count). The van der Waals surface area contributed by atoms with Crippen LogP contribution in [0.2, 0.25) is 0 Å². The first kappa shape index (κ1) is 42.4. The normalized spacial score (nSPS) is 20.4. The lowest BCUT2D eigenvalue weighted by Crippen LogP contribution is -2.54. The molecule has 9 heteroatoms. The lowest BCUT2D eigenvalue weighted by Gasteiger charge is -2.51. The van der Waals surface area contributed by atoms with Crippen LogP contribution in [-0.2, 0) is 23.6 Å². The van der Waals surface area contributed by atoms with E-state index in [0.717, 1.165) is 57.8 Å². The summed E-state index contributed by atoms with van der Waals surface area (Å²) in [6.07, 6.45) is 11.0. The van der Waals surface area contributed by atoms with Crippen molar-refractivity contribution in [2.24, 2.45) is 5.41 Å². The maximum absolute atomic E-state index is 13.7. The van der Waals surface area contributed by atoms with Gasteiger partial charge in [-0.15, -0.1) is 0 Å². The number of aliphatic hydroxyl groups excluding tert-OH is 1. The SMILES string of the molecule is CCC(C)(C)OC(C)(C)P(=O)([O-])C(C)(C)OC[C@@H]1C[C@@H](O)CN1C(C)(C)C(=O)CCCCCCCCCCC(=O)C(C)(C)CC. The van der Waals surface area contributed by atoms with Crippen molar-refractivity contribution in [1.29, 1.82) is 0 Å². The van der Waals surface area contributed by atoms with Crippen molar-refractivity contribution >= 4 is 18.9 Å². The molecule has 1 N–H and O–H groups in total. The van der Waals surface area contributed by atoms with E-state index in [9.17, 15) is 24.2 Å². The number of Topliss-reactive ketones (excluding diaryl/α,β-unsaturated/α-hetero) is 2. The van der Waals surface area contributed by atoms with Gasteiger partial charge in [-0.05, 0) is 87.5 Å². The predicted molar refractivity (Wildman–Crippen MR) is 183 cm³/mol. The maximum atomic E-state index is 13.7. The molecule has 1 aliphatic heterocycles. The highest BCUT2D eigenvalue weighted by molar-refractivity contribution is 7.59. The second kappa shape index (κ2) is 17.2. The minimum Gasteiger partial charge on any atom is -0.795 e. The molecule has 45 heavy (non-hydrogen) atoms. The number of aliphatic hydroxyl groups is 1. The van der Waals surface area contributed by atoms with E-state index in [1.807, 2.05) is 53.4 Å². The highest BCUT2D eigenvalue weighted by Crippen LogP contribution is 2.62. The van der Waals surface area contributed by atoms with Crippen LogP contribution in [0, 0.1) is 5.41 Å². The number of β-amino-alcohol motifs (C(OH)–C–C–N with tert-alkyl or cyclic N) is 1. The van der Waals surface area contributed by atoms with Crippen molar-refractivity contribution in [1.82, 2.24) is 4.90 Å². The Morgan fingerprint density at radius 1 is 0.778 bits per heavy atom. The molecule has 0 bridgehead atoms. The highest BCUT2D eigenvalue weighted by Gasteiger charge is 2.49. The van der Waals surface area contributed by atoms with Crippen molar-refractivity contribution < 1.29 is 33.6 Å². The number of nitrogens with zero attached hydrogens (tertiary/aromatic N) is 1. The quantitative estimate of drug-likeness (QED) is 0.0867. The summed E-state index contributed by atoms with van der Waals surface area (Å²) in [5, 5.41) is 7.61. The van der Waals surface area contributed by atoms with Crippen LogP contribution in [0.4, 0.5) is 0 Å². The van der Waals surface area contributed by atoms with Crippen molar-refractivity contribution in [3.8, 4) is 0 Å². The summed E-state index contributed by atoms with van der Waals surface area (Å²) in [6.45, 7) is 22.4. The fraction of sp³-hybridized carbons (Fsp3) is 0.944. The number of hydrogen-bond acceptors (Lipinski definition) is 8. The third kappa shape index (κ3) is 12.1. The molecule has 0 radical (unpaired) electrons. The summed E-state index contributed by atoms with van der Waals surface area (Å²) < 4.78 is 25.9. The number of hydrogen-bond donors (Lipinski definition) is 1. The largest absolute Gasteiger partial charge is 0.795 e. The van der Waals surface area contributed by atoms with Gasteiger partial charge in [0, 0.05) is 30.8 Å². The lowest BCUT2D eigenvalue weighted by molar-refractivity contribution is -0.220. The van der Waals surface area contributed by atoms with Crippen LogP contribution in [0.25, 0.3) is 0 Å². The van der Waals surface area contributed by atoms with Crippen LogP contribution in [0.15, 0.2) is 0 Å². The van der Waals surface area contributed by atoms with Gasteiger partial charge >= 0.3 is 0 Å². The summed E-state index contributed by atoms with van der Waals surface area (Å²) in [5.74, 6) is 0.504. The molecule has 3 atom stereocenters. The van der Waals surface area contributed by atoms with Crippen LogP contribution in [-0.4, -0.2) is 68.7 Å². The molecule has 1 aliphatic rings. The van der Waals surface area contributed by atoms with E-state index < -0.39 is 35.3 Å². The zero-order chi connectivity index (χ0) is 34.9.